The van der Waals surface area contributed by atoms with Gasteiger partial charge in [0.05, 0.1) is 18.1 Å². The van der Waals surface area contributed by atoms with Crippen molar-refractivity contribution in [1.29, 1.82) is 5.26 Å². The Hall–Kier alpha value is -4.29. The zero-order valence-corrected chi connectivity index (χ0v) is 19.1. The number of rotatable bonds is 6. The summed E-state index contributed by atoms with van der Waals surface area (Å²) in [5, 5.41) is 10.1. The molecular weight excluding hydrogens is 434 g/mol. The van der Waals surface area contributed by atoms with E-state index in [9.17, 15) is 14.9 Å². The normalized spacial score (nSPS) is 11.6. The van der Waals surface area contributed by atoms with Gasteiger partial charge in [-0.2, -0.15) is 10.3 Å². The molecule has 3 heterocycles. The van der Waals surface area contributed by atoms with E-state index in [1.54, 1.807) is 55.3 Å². The fourth-order valence-electron chi connectivity index (χ4n) is 3.76. The van der Waals surface area contributed by atoms with Crippen molar-refractivity contribution in [3.63, 3.8) is 0 Å². The summed E-state index contributed by atoms with van der Waals surface area (Å²) in [6, 6.07) is 13.7. The van der Waals surface area contributed by atoms with E-state index in [0.29, 0.717) is 42.2 Å². The highest BCUT2D eigenvalue weighted by Crippen LogP contribution is 2.14. The Labute approximate surface area is 195 Å². The molecule has 4 aromatic rings. The molecule has 0 radical (unpaired) electrons. The standard InChI is InChI=1S/C25H23N5O4/c1-16-6-4-11-30-21(16)27-23-20(25(30)32)14-18(15-26)22(29(23)12-5-13-33-2)28-24(31)17-7-9-19(34-3)10-8-17/h4,6-11,14H,5,12-13H2,1-3H3. The third-order valence-electron chi connectivity index (χ3n) is 5.50. The highest BCUT2D eigenvalue weighted by Gasteiger charge is 2.16. The summed E-state index contributed by atoms with van der Waals surface area (Å²) in [6.07, 6.45) is 2.21. The first-order valence-electron chi connectivity index (χ1n) is 10.7. The Balaban J connectivity index is 2.03. The SMILES string of the molecule is COCCCn1c(=NC(=O)c2ccc(OC)cc2)c(C#N)cc2c(=O)n3cccc(C)c3nc21. The largest absolute Gasteiger partial charge is 0.497 e. The van der Waals surface area contributed by atoms with Gasteiger partial charge in [0.2, 0.25) is 0 Å². The molecule has 0 unspecified atom stereocenters. The van der Waals surface area contributed by atoms with Crippen molar-refractivity contribution >= 4 is 22.6 Å². The molecule has 0 N–H and O–H groups in total. The number of methoxy groups -OCH3 is 2. The number of aryl methyl sites for hydroxylation is 2. The predicted octanol–water partition coefficient (Wildman–Crippen LogP) is 2.62. The summed E-state index contributed by atoms with van der Waals surface area (Å²) >= 11 is 0. The lowest BCUT2D eigenvalue weighted by Crippen LogP contribution is -2.30. The van der Waals surface area contributed by atoms with Gasteiger partial charge in [-0.15, -0.1) is 0 Å². The second-order valence-electron chi connectivity index (χ2n) is 7.68. The van der Waals surface area contributed by atoms with Gasteiger partial charge in [-0.25, -0.2) is 4.98 Å². The Kier molecular flexibility index (Phi) is 6.52. The van der Waals surface area contributed by atoms with Gasteiger partial charge in [-0.1, -0.05) is 6.07 Å². The van der Waals surface area contributed by atoms with Crippen molar-refractivity contribution < 1.29 is 14.3 Å². The van der Waals surface area contributed by atoms with Crippen LogP contribution in [0.1, 0.15) is 27.9 Å². The van der Waals surface area contributed by atoms with Crippen LogP contribution in [0.3, 0.4) is 0 Å². The number of amides is 1. The number of carbonyl (C=O) groups excluding carboxylic acids is 1. The van der Waals surface area contributed by atoms with Gasteiger partial charge in [0, 0.05) is 32.0 Å². The van der Waals surface area contributed by atoms with E-state index in [0.717, 1.165) is 5.56 Å². The van der Waals surface area contributed by atoms with E-state index in [1.165, 1.54) is 10.5 Å². The molecular formula is C25H23N5O4. The number of fused-ring (bicyclic) bond motifs is 2. The summed E-state index contributed by atoms with van der Waals surface area (Å²) in [6.45, 7) is 2.66. The molecule has 34 heavy (non-hydrogen) atoms. The van der Waals surface area contributed by atoms with Crippen molar-refractivity contribution in [1.82, 2.24) is 14.0 Å². The molecule has 0 aliphatic carbocycles. The number of hydrogen-bond acceptors (Lipinski definition) is 6. The van der Waals surface area contributed by atoms with Crippen LogP contribution in [-0.4, -0.2) is 40.7 Å². The predicted molar refractivity (Wildman–Crippen MR) is 126 cm³/mol. The summed E-state index contributed by atoms with van der Waals surface area (Å²) in [7, 11) is 3.13. The number of ether oxygens (including phenoxy) is 2. The van der Waals surface area contributed by atoms with Crippen LogP contribution in [0.15, 0.2) is 58.4 Å². The number of benzene rings is 1. The monoisotopic (exact) mass is 457 g/mol. The molecule has 9 heteroatoms. The molecule has 172 valence electrons. The second-order valence-corrected chi connectivity index (χ2v) is 7.68. The summed E-state index contributed by atoms with van der Waals surface area (Å²) < 4.78 is 13.4. The lowest BCUT2D eigenvalue weighted by atomic mass is 10.2. The molecule has 0 aliphatic heterocycles. The van der Waals surface area contributed by atoms with Crippen LogP contribution in [0.5, 0.6) is 5.75 Å². The Morgan fingerprint density at radius 3 is 2.62 bits per heavy atom. The number of carbonyl (C=O) groups is 1. The molecule has 0 bridgehead atoms. The van der Waals surface area contributed by atoms with Gasteiger partial charge in [0.25, 0.3) is 11.5 Å². The van der Waals surface area contributed by atoms with Gasteiger partial charge in [-0.05, 0) is 55.3 Å². The van der Waals surface area contributed by atoms with Crippen LogP contribution in [0.25, 0.3) is 16.7 Å². The first-order chi connectivity index (χ1) is 16.5. The van der Waals surface area contributed by atoms with Gasteiger partial charge in [-0.3, -0.25) is 14.0 Å². The third kappa shape index (κ3) is 4.19. The summed E-state index contributed by atoms with van der Waals surface area (Å²) in [4.78, 5) is 35.3. The molecule has 3 aromatic heterocycles. The smallest absolute Gasteiger partial charge is 0.278 e. The maximum Gasteiger partial charge on any atom is 0.278 e. The Bertz CT molecular complexity index is 1560. The lowest BCUT2D eigenvalue weighted by molar-refractivity contribution is 0.0997. The van der Waals surface area contributed by atoms with Gasteiger partial charge in [0.15, 0.2) is 5.49 Å². The number of nitrogens with zero attached hydrogens (tertiary/aromatic N) is 5. The molecule has 0 fully saturated rings. The first kappa shape index (κ1) is 22.9. The minimum absolute atomic E-state index is 0.110. The average Bonchev–Trinajstić information content (AvgIpc) is 2.86. The number of hydrogen-bond donors (Lipinski definition) is 0. The highest BCUT2D eigenvalue weighted by molar-refractivity contribution is 5.95. The number of aromatic nitrogens is 3. The Morgan fingerprint density at radius 2 is 1.94 bits per heavy atom. The van der Waals surface area contributed by atoms with E-state index in [4.69, 9.17) is 14.5 Å². The zero-order chi connectivity index (χ0) is 24.2. The fourth-order valence-corrected chi connectivity index (χ4v) is 3.76. The fraction of sp³-hybridized carbons (Fsp3) is 0.240. The van der Waals surface area contributed by atoms with Crippen LogP contribution >= 0.6 is 0 Å². The van der Waals surface area contributed by atoms with Crippen LogP contribution in [0, 0.1) is 18.3 Å². The van der Waals surface area contributed by atoms with E-state index in [1.807, 2.05) is 13.0 Å². The maximum atomic E-state index is 13.3. The summed E-state index contributed by atoms with van der Waals surface area (Å²) in [5.74, 6) is 0.0919. The zero-order valence-electron chi connectivity index (χ0n) is 19.1. The highest BCUT2D eigenvalue weighted by atomic mass is 16.5. The van der Waals surface area contributed by atoms with E-state index >= 15 is 0 Å². The van der Waals surface area contributed by atoms with Gasteiger partial charge in [0.1, 0.15) is 23.1 Å². The minimum atomic E-state index is -0.521. The van der Waals surface area contributed by atoms with Crippen molar-refractivity contribution in [3.05, 3.63) is 81.2 Å². The molecule has 1 amide bonds. The van der Waals surface area contributed by atoms with Crippen molar-refractivity contribution in [2.24, 2.45) is 4.99 Å². The topological polar surface area (TPSA) is 111 Å². The average molecular weight is 457 g/mol. The number of nitriles is 1. The molecule has 1 aromatic carbocycles. The Morgan fingerprint density at radius 1 is 1.18 bits per heavy atom. The molecule has 9 nitrogen and oxygen atoms in total. The molecule has 0 atom stereocenters. The van der Waals surface area contributed by atoms with Gasteiger partial charge < -0.3 is 14.0 Å². The molecule has 0 saturated carbocycles. The van der Waals surface area contributed by atoms with Crippen LogP contribution in [-0.2, 0) is 11.3 Å². The second kappa shape index (κ2) is 9.68. The third-order valence-corrected chi connectivity index (χ3v) is 5.50. The van der Waals surface area contributed by atoms with Crippen LogP contribution < -0.4 is 15.8 Å². The van der Waals surface area contributed by atoms with Crippen LogP contribution in [0.4, 0.5) is 0 Å². The van der Waals surface area contributed by atoms with E-state index in [2.05, 4.69) is 11.1 Å². The van der Waals surface area contributed by atoms with Crippen molar-refractivity contribution in [2.45, 2.75) is 19.9 Å². The quantitative estimate of drug-likeness (QED) is 0.325. The molecule has 4 rings (SSSR count). The molecule has 0 aliphatic rings. The first-order valence-corrected chi connectivity index (χ1v) is 10.7. The summed E-state index contributed by atoms with van der Waals surface area (Å²) in [5.41, 5.74) is 1.98. The van der Waals surface area contributed by atoms with E-state index in [-0.39, 0.29) is 22.0 Å². The number of pyridine rings is 2. The maximum absolute atomic E-state index is 13.3. The van der Waals surface area contributed by atoms with Crippen molar-refractivity contribution in [3.8, 4) is 11.8 Å². The van der Waals surface area contributed by atoms with Crippen LogP contribution in [0.2, 0.25) is 0 Å². The van der Waals surface area contributed by atoms with Crippen molar-refractivity contribution in [2.75, 3.05) is 20.8 Å². The minimum Gasteiger partial charge on any atom is -0.497 e. The van der Waals surface area contributed by atoms with E-state index < -0.39 is 5.91 Å². The lowest BCUT2D eigenvalue weighted by Gasteiger charge is -2.14. The molecule has 0 spiro atoms. The molecule has 0 saturated heterocycles. The van der Waals surface area contributed by atoms with Gasteiger partial charge >= 0.3 is 0 Å².